The summed E-state index contributed by atoms with van der Waals surface area (Å²) < 4.78 is 29.9. The van der Waals surface area contributed by atoms with Crippen molar-refractivity contribution in [3.63, 3.8) is 0 Å². The summed E-state index contributed by atoms with van der Waals surface area (Å²) in [6, 6.07) is 12.9. The number of hydrogen-bond acceptors (Lipinski definition) is 7. The van der Waals surface area contributed by atoms with E-state index in [4.69, 9.17) is 4.74 Å². The molecule has 0 saturated heterocycles. The largest absolute Gasteiger partial charge is 0.454 e. The first-order chi connectivity index (χ1) is 15.1. The second-order valence-corrected chi connectivity index (χ2v) is 8.82. The zero-order valence-electron chi connectivity index (χ0n) is 17.4. The Bertz CT molecular complexity index is 1250. The number of nitrogens with zero attached hydrogens (tertiary/aromatic N) is 1. The average Bonchev–Trinajstić information content (AvgIpc) is 3.17. The predicted molar refractivity (Wildman–Crippen MR) is 118 cm³/mol. The number of sulfonamides is 1. The Kier molecular flexibility index (Phi) is 6.89. The Morgan fingerprint density at radius 1 is 1.09 bits per heavy atom. The summed E-state index contributed by atoms with van der Waals surface area (Å²) in [6.07, 6.45) is -0.141. The van der Waals surface area contributed by atoms with Crippen LogP contribution in [0.15, 0.2) is 48.5 Å². The van der Waals surface area contributed by atoms with Gasteiger partial charge in [-0.1, -0.05) is 18.2 Å². The summed E-state index contributed by atoms with van der Waals surface area (Å²) in [5, 5.41) is 10.0. The van der Waals surface area contributed by atoms with Crippen LogP contribution in [0, 0.1) is 0 Å². The van der Waals surface area contributed by atoms with Crippen LogP contribution in [0.5, 0.6) is 0 Å². The van der Waals surface area contributed by atoms with Gasteiger partial charge in [0.15, 0.2) is 11.8 Å². The number of aromatic amines is 1. The molecule has 0 aliphatic heterocycles. The van der Waals surface area contributed by atoms with Crippen molar-refractivity contribution in [1.82, 2.24) is 15.5 Å². The number of ether oxygens (including phenoxy) is 1. The second kappa shape index (κ2) is 9.60. The minimum absolute atomic E-state index is 0.0195. The summed E-state index contributed by atoms with van der Waals surface area (Å²) in [5.41, 5.74) is 1.54. The average molecular weight is 458 g/mol. The van der Waals surface area contributed by atoms with Crippen LogP contribution in [0.2, 0.25) is 0 Å². The van der Waals surface area contributed by atoms with Crippen LogP contribution in [0.3, 0.4) is 0 Å². The summed E-state index contributed by atoms with van der Waals surface area (Å²) in [7, 11) is -3.42. The predicted octanol–water partition coefficient (Wildman–Crippen LogP) is 1.87. The molecule has 1 amide bonds. The molecule has 0 saturated carbocycles. The number of carbonyl (C=O) groups is 3. The molecule has 2 aromatic carbocycles. The smallest absolute Gasteiger partial charge is 0.308 e. The lowest BCUT2D eigenvalue weighted by molar-refractivity contribution is -0.146. The van der Waals surface area contributed by atoms with E-state index in [1.807, 2.05) is 6.07 Å². The summed E-state index contributed by atoms with van der Waals surface area (Å²) >= 11 is 0. The van der Waals surface area contributed by atoms with Gasteiger partial charge in [0.25, 0.3) is 5.91 Å². The van der Waals surface area contributed by atoms with Gasteiger partial charge in [-0.3, -0.25) is 24.2 Å². The molecule has 0 aliphatic rings. The molecule has 0 radical (unpaired) electrons. The molecule has 3 N–H and O–H groups in total. The minimum Gasteiger partial charge on any atom is -0.454 e. The Balaban J connectivity index is 1.48. The molecule has 0 bridgehead atoms. The van der Waals surface area contributed by atoms with Gasteiger partial charge in [-0.05, 0) is 37.3 Å². The number of anilines is 1. The maximum atomic E-state index is 12.4. The molecule has 0 fully saturated rings. The molecular formula is C21H22N4O6S. The molecule has 3 rings (SSSR count). The van der Waals surface area contributed by atoms with Crippen molar-refractivity contribution in [2.24, 2.45) is 0 Å². The van der Waals surface area contributed by atoms with Crippen LogP contribution < -0.4 is 10.0 Å². The number of ketones is 1. The lowest BCUT2D eigenvalue weighted by atomic mass is 10.1. The highest BCUT2D eigenvalue weighted by Crippen LogP contribution is 2.15. The molecule has 0 aliphatic carbocycles. The van der Waals surface area contributed by atoms with Gasteiger partial charge >= 0.3 is 5.97 Å². The van der Waals surface area contributed by atoms with E-state index in [-0.39, 0.29) is 24.2 Å². The molecule has 11 heteroatoms. The van der Waals surface area contributed by atoms with Crippen LogP contribution in [0.25, 0.3) is 10.9 Å². The SMILES string of the molecule is CC(OC(=O)CCNC(=O)c1n[nH]c2ccccc12)C(=O)c1ccc(NS(C)(=O)=O)cc1. The zero-order chi connectivity index (χ0) is 23.3. The zero-order valence-corrected chi connectivity index (χ0v) is 18.2. The number of H-pyrrole nitrogens is 1. The summed E-state index contributed by atoms with van der Waals surface area (Å²) in [6.45, 7) is 1.46. The Morgan fingerprint density at radius 2 is 1.78 bits per heavy atom. The molecule has 1 heterocycles. The van der Waals surface area contributed by atoms with Crippen molar-refractivity contribution in [3.05, 3.63) is 59.8 Å². The van der Waals surface area contributed by atoms with Gasteiger partial charge < -0.3 is 10.1 Å². The third-order valence-corrected chi connectivity index (χ3v) is 5.06. The maximum absolute atomic E-state index is 12.4. The topological polar surface area (TPSA) is 147 Å². The van der Waals surface area contributed by atoms with E-state index in [1.165, 1.54) is 31.2 Å². The number of amides is 1. The molecule has 10 nitrogen and oxygen atoms in total. The van der Waals surface area contributed by atoms with E-state index in [1.54, 1.807) is 18.2 Å². The number of carbonyl (C=O) groups excluding carboxylic acids is 3. The number of nitrogens with one attached hydrogen (secondary N) is 3. The molecule has 32 heavy (non-hydrogen) atoms. The van der Waals surface area contributed by atoms with Crippen molar-refractivity contribution in [1.29, 1.82) is 0 Å². The maximum Gasteiger partial charge on any atom is 0.308 e. The number of aromatic nitrogens is 2. The number of hydrogen-bond donors (Lipinski definition) is 3. The van der Waals surface area contributed by atoms with Crippen LogP contribution >= 0.6 is 0 Å². The third kappa shape index (κ3) is 5.91. The number of benzene rings is 2. The van der Waals surface area contributed by atoms with Crippen molar-refractivity contribution < 1.29 is 27.5 Å². The fourth-order valence-electron chi connectivity index (χ4n) is 2.96. The lowest BCUT2D eigenvalue weighted by Gasteiger charge is -2.13. The highest BCUT2D eigenvalue weighted by Gasteiger charge is 2.20. The van der Waals surface area contributed by atoms with Gasteiger partial charge in [0.1, 0.15) is 0 Å². The number of Topliss-reactive ketones (excluding diaryl/α,β-unsaturated/α-hetero) is 1. The summed E-state index contributed by atoms with van der Waals surface area (Å²) in [5.74, 6) is -1.51. The van der Waals surface area contributed by atoms with Gasteiger partial charge in [-0.15, -0.1) is 0 Å². The molecular weight excluding hydrogens is 436 g/mol. The standard InChI is InChI=1S/C21H22N4O6S/c1-13(20(27)14-7-9-15(10-8-14)25-32(2,29)30)31-18(26)11-12-22-21(28)19-16-5-3-4-6-17(16)23-24-19/h3-10,13,25H,11-12H2,1-2H3,(H,22,28)(H,23,24). The van der Waals surface area contributed by atoms with Crippen molar-refractivity contribution in [2.75, 3.05) is 17.5 Å². The van der Waals surface area contributed by atoms with E-state index < -0.39 is 33.8 Å². The van der Waals surface area contributed by atoms with Crippen LogP contribution in [0.4, 0.5) is 5.69 Å². The lowest BCUT2D eigenvalue weighted by Crippen LogP contribution is -2.29. The van der Waals surface area contributed by atoms with Crippen LogP contribution in [-0.2, 0) is 19.6 Å². The van der Waals surface area contributed by atoms with E-state index in [2.05, 4.69) is 20.2 Å². The molecule has 1 atom stereocenters. The highest BCUT2D eigenvalue weighted by atomic mass is 32.2. The van der Waals surface area contributed by atoms with Gasteiger partial charge in [-0.2, -0.15) is 5.10 Å². The normalized spacial score (nSPS) is 12.2. The minimum atomic E-state index is -3.42. The van der Waals surface area contributed by atoms with E-state index in [9.17, 15) is 22.8 Å². The van der Waals surface area contributed by atoms with Gasteiger partial charge in [0, 0.05) is 23.2 Å². The van der Waals surface area contributed by atoms with Crippen molar-refractivity contribution >= 4 is 44.3 Å². The van der Waals surface area contributed by atoms with Crippen LogP contribution in [-0.4, -0.2) is 55.2 Å². The van der Waals surface area contributed by atoms with Gasteiger partial charge in [0.05, 0.1) is 18.2 Å². The Labute approximate surface area is 184 Å². The quantitative estimate of drug-likeness (QED) is 0.327. The Hall–Kier alpha value is -3.73. The number of fused-ring (bicyclic) bond motifs is 1. The monoisotopic (exact) mass is 458 g/mol. The van der Waals surface area contributed by atoms with E-state index in [0.717, 1.165) is 11.8 Å². The number of para-hydroxylation sites is 1. The summed E-state index contributed by atoms with van der Waals surface area (Å²) in [4.78, 5) is 36.8. The molecule has 3 aromatic rings. The number of esters is 1. The highest BCUT2D eigenvalue weighted by molar-refractivity contribution is 7.92. The molecule has 1 aromatic heterocycles. The first-order valence-corrected chi connectivity index (χ1v) is 11.6. The number of rotatable bonds is 9. The van der Waals surface area contributed by atoms with Crippen LogP contribution in [0.1, 0.15) is 34.2 Å². The van der Waals surface area contributed by atoms with Crippen molar-refractivity contribution in [3.8, 4) is 0 Å². The molecule has 168 valence electrons. The van der Waals surface area contributed by atoms with Crippen molar-refractivity contribution in [2.45, 2.75) is 19.4 Å². The first-order valence-electron chi connectivity index (χ1n) is 9.67. The van der Waals surface area contributed by atoms with E-state index >= 15 is 0 Å². The fourth-order valence-corrected chi connectivity index (χ4v) is 3.52. The third-order valence-electron chi connectivity index (χ3n) is 4.45. The molecule has 1 unspecified atom stereocenters. The molecule has 0 spiro atoms. The first kappa shape index (κ1) is 22.9. The van der Waals surface area contributed by atoms with E-state index in [0.29, 0.717) is 11.1 Å². The van der Waals surface area contributed by atoms with Gasteiger partial charge in [-0.25, -0.2) is 8.42 Å². The van der Waals surface area contributed by atoms with Gasteiger partial charge in [0.2, 0.25) is 15.8 Å². The Morgan fingerprint density at radius 3 is 2.47 bits per heavy atom. The second-order valence-electron chi connectivity index (χ2n) is 7.07. The fraction of sp³-hybridized carbons (Fsp3) is 0.238.